The Morgan fingerprint density at radius 1 is 1.33 bits per heavy atom. The van der Waals surface area contributed by atoms with Gasteiger partial charge in [-0.2, -0.15) is 0 Å². The van der Waals surface area contributed by atoms with Crippen LogP contribution >= 0.6 is 0 Å². The summed E-state index contributed by atoms with van der Waals surface area (Å²) < 4.78 is 24.9. The van der Waals surface area contributed by atoms with Gasteiger partial charge in [0.2, 0.25) is 10.0 Å². The minimum absolute atomic E-state index is 0.225. The average Bonchev–Trinajstić information content (AvgIpc) is 2.37. The van der Waals surface area contributed by atoms with E-state index in [0.29, 0.717) is 19.5 Å². The van der Waals surface area contributed by atoms with E-state index in [2.05, 4.69) is 0 Å². The zero-order valence-electron chi connectivity index (χ0n) is 13.0. The molecule has 5 heteroatoms. The van der Waals surface area contributed by atoms with E-state index in [1.165, 1.54) is 6.26 Å². The maximum absolute atomic E-state index is 11.7. The van der Waals surface area contributed by atoms with Crippen LogP contribution < -0.4 is 0 Å². The first-order valence-electron chi connectivity index (χ1n) is 7.48. The molecule has 4 nitrogen and oxygen atoms in total. The summed E-state index contributed by atoms with van der Waals surface area (Å²) in [4.78, 5) is 0. The van der Waals surface area contributed by atoms with Crippen LogP contribution in [0, 0.1) is 19.8 Å². The van der Waals surface area contributed by atoms with Gasteiger partial charge >= 0.3 is 0 Å². The summed E-state index contributed by atoms with van der Waals surface area (Å²) in [6, 6.07) is 6.01. The second-order valence-electron chi connectivity index (χ2n) is 6.19. The quantitative estimate of drug-likeness (QED) is 0.929. The molecule has 0 amide bonds. The molecule has 0 radical (unpaired) electrons. The van der Waals surface area contributed by atoms with E-state index in [1.807, 2.05) is 32.0 Å². The average molecular weight is 311 g/mol. The Bertz CT molecular complexity index is 577. The van der Waals surface area contributed by atoms with Crippen molar-refractivity contribution in [1.82, 2.24) is 4.31 Å². The Kier molecular flexibility index (Phi) is 5.07. The molecule has 2 rings (SSSR count). The predicted octanol–water partition coefficient (Wildman–Crippen LogP) is 2.40. The number of rotatable bonds is 4. The van der Waals surface area contributed by atoms with Crippen molar-refractivity contribution in [2.24, 2.45) is 5.92 Å². The fourth-order valence-electron chi connectivity index (χ4n) is 3.31. The molecule has 2 atom stereocenters. The highest BCUT2D eigenvalue weighted by Gasteiger charge is 2.28. The SMILES string of the molecule is Cc1cccc(C)c1C(O)CC1CCCN(S(C)(=O)=O)C1. The molecule has 0 aliphatic carbocycles. The van der Waals surface area contributed by atoms with Gasteiger partial charge in [-0.1, -0.05) is 18.2 Å². The smallest absolute Gasteiger partial charge is 0.211 e. The highest BCUT2D eigenvalue weighted by atomic mass is 32.2. The van der Waals surface area contributed by atoms with Gasteiger partial charge in [0.1, 0.15) is 0 Å². The van der Waals surface area contributed by atoms with Crippen molar-refractivity contribution in [3.05, 3.63) is 34.9 Å². The third-order valence-corrected chi connectivity index (χ3v) is 5.65. The van der Waals surface area contributed by atoms with Crippen LogP contribution in [0.5, 0.6) is 0 Å². The third-order valence-electron chi connectivity index (χ3n) is 4.38. The Morgan fingerprint density at radius 3 is 2.52 bits per heavy atom. The molecule has 0 saturated carbocycles. The topological polar surface area (TPSA) is 57.6 Å². The summed E-state index contributed by atoms with van der Waals surface area (Å²) in [5.41, 5.74) is 3.19. The lowest BCUT2D eigenvalue weighted by atomic mass is 9.88. The molecule has 0 spiro atoms. The minimum atomic E-state index is -3.12. The van der Waals surface area contributed by atoms with Crippen molar-refractivity contribution in [3.8, 4) is 0 Å². The van der Waals surface area contributed by atoms with Crippen LogP contribution in [-0.4, -0.2) is 37.2 Å². The predicted molar refractivity (Wildman–Crippen MR) is 84.6 cm³/mol. The number of hydrogen-bond donors (Lipinski definition) is 1. The van der Waals surface area contributed by atoms with Crippen LogP contribution in [-0.2, 0) is 10.0 Å². The minimum Gasteiger partial charge on any atom is -0.388 e. The molecular weight excluding hydrogens is 286 g/mol. The Labute approximate surface area is 127 Å². The van der Waals surface area contributed by atoms with E-state index >= 15 is 0 Å². The molecule has 2 unspecified atom stereocenters. The van der Waals surface area contributed by atoms with E-state index in [-0.39, 0.29) is 5.92 Å². The summed E-state index contributed by atoms with van der Waals surface area (Å²) in [5.74, 6) is 0.225. The van der Waals surface area contributed by atoms with Gasteiger partial charge in [0.15, 0.2) is 0 Å². The van der Waals surface area contributed by atoms with Crippen molar-refractivity contribution < 1.29 is 13.5 Å². The zero-order valence-corrected chi connectivity index (χ0v) is 13.9. The summed E-state index contributed by atoms with van der Waals surface area (Å²) in [5, 5.41) is 10.6. The lowest BCUT2D eigenvalue weighted by Gasteiger charge is -2.32. The Hall–Kier alpha value is -0.910. The number of aliphatic hydroxyl groups is 1. The number of nitrogens with zero attached hydrogens (tertiary/aromatic N) is 1. The van der Waals surface area contributed by atoms with Crippen LogP contribution in [0.2, 0.25) is 0 Å². The van der Waals surface area contributed by atoms with Gasteiger partial charge < -0.3 is 5.11 Å². The molecule has 0 bridgehead atoms. The molecule has 1 heterocycles. The first-order valence-corrected chi connectivity index (χ1v) is 9.33. The van der Waals surface area contributed by atoms with Crippen LogP contribution in [0.15, 0.2) is 18.2 Å². The van der Waals surface area contributed by atoms with Crippen LogP contribution in [0.4, 0.5) is 0 Å². The number of aliphatic hydroxyl groups excluding tert-OH is 1. The normalized spacial score (nSPS) is 22.2. The number of piperidine rings is 1. The standard InChI is InChI=1S/C16H25NO3S/c1-12-6-4-7-13(2)16(12)15(18)10-14-8-5-9-17(11-14)21(3,19)20/h4,6-7,14-15,18H,5,8-11H2,1-3H3. The Balaban J connectivity index is 2.07. The van der Waals surface area contributed by atoms with Crippen molar-refractivity contribution in [3.63, 3.8) is 0 Å². The van der Waals surface area contributed by atoms with Gasteiger partial charge in [-0.25, -0.2) is 12.7 Å². The van der Waals surface area contributed by atoms with E-state index in [9.17, 15) is 13.5 Å². The molecule has 1 saturated heterocycles. The van der Waals surface area contributed by atoms with Gasteiger partial charge in [0.05, 0.1) is 12.4 Å². The van der Waals surface area contributed by atoms with Gasteiger partial charge in [0.25, 0.3) is 0 Å². The van der Waals surface area contributed by atoms with Gasteiger partial charge in [-0.05, 0) is 55.7 Å². The molecule has 21 heavy (non-hydrogen) atoms. The maximum atomic E-state index is 11.7. The molecule has 1 aromatic carbocycles. The lowest BCUT2D eigenvalue weighted by molar-refractivity contribution is 0.122. The second-order valence-corrected chi connectivity index (χ2v) is 8.17. The molecule has 1 aliphatic heterocycles. The molecular formula is C16H25NO3S. The monoisotopic (exact) mass is 311 g/mol. The van der Waals surface area contributed by atoms with Crippen molar-refractivity contribution in [2.75, 3.05) is 19.3 Å². The Morgan fingerprint density at radius 2 is 1.95 bits per heavy atom. The largest absolute Gasteiger partial charge is 0.388 e. The molecule has 118 valence electrons. The van der Waals surface area contributed by atoms with Crippen LogP contribution in [0.1, 0.15) is 42.1 Å². The van der Waals surface area contributed by atoms with Crippen molar-refractivity contribution in [1.29, 1.82) is 0 Å². The first-order chi connectivity index (χ1) is 9.79. The summed E-state index contributed by atoms with van der Waals surface area (Å²) >= 11 is 0. The summed E-state index contributed by atoms with van der Waals surface area (Å²) in [6.45, 7) is 5.15. The van der Waals surface area contributed by atoms with E-state index in [1.54, 1.807) is 4.31 Å². The summed E-state index contributed by atoms with van der Waals surface area (Å²) in [7, 11) is -3.12. The number of hydrogen-bond acceptors (Lipinski definition) is 3. The summed E-state index contributed by atoms with van der Waals surface area (Å²) in [6.07, 6.45) is 3.22. The van der Waals surface area contributed by atoms with E-state index in [4.69, 9.17) is 0 Å². The van der Waals surface area contributed by atoms with Gasteiger partial charge in [0, 0.05) is 13.1 Å². The number of aryl methyl sites for hydroxylation is 2. The highest BCUT2D eigenvalue weighted by Crippen LogP contribution is 2.31. The van der Waals surface area contributed by atoms with Crippen molar-refractivity contribution >= 4 is 10.0 Å². The fourth-order valence-corrected chi connectivity index (χ4v) is 4.25. The lowest BCUT2D eigenvalue weighted by Crippen LogP contribution is -2.39. The second kappa shape index (κ2) is 6.46. The van der Waals surface area contributed by atoms with E-state index in [0.717, 1.165) is 29.5 Å². The van der Waals surface area contributed by atoms with E-state index < -0.39 is 16.1 Å². The number of sulfonamides is 1. The number of benzene rings is 1. The molecule has 1 N–H and O–H groups in total. The fraction of sp³-hybridized carbons (Fsp3) is 0.625. The molecule has 1 fully saturated rings. The zero-order chi connectivity index (χ0) is 15.6. The highest BCUT2D eigenvalue weighted by molar-refractivity contribution is 7.88. The van der Waals surface area contributed by atoms with Crippen LogP contribution in [0.3, 0.4) is 0 Å². The van der Waals surface area contributed by atoms with Gasteiger partial charge in [-0.3, -0.25) is 0 Å². The molecule has 1 aromatic rings. The third kappa shape index (κ3) is 4.05. The molecule has 1 aliphatic rings. The van der Waals surface area contributed by atoms with Crippen LogP contribution in [0.25, 0.3) is 0 Å². The molecule has 0 aromatic heterocycles. The van der Waals surface area contributed by atoms with Gasteiger partial charge in [-0.15, -0.1) is 0 Å². The van der Waals surface area contributed by atoms with Crippen molar-refractivity contribution in [2.45, 2.75) is 39.2 Å². The first kappa shape index (κ1) is 16.5. The maximum Gasteiger partial charge on any atom is 0.211 e.